The summed E-state index contributed by atoms with van der Waals surface area (Å²) in [5.41, 5.74) is 0.722. The van der Waals surface area contributed by atoms with Crippen molar-refractivity contribution in [2.45, 2.75) is 13.0 Å². The number of halogens is 2. The van der Waals surface area contributed by atoms with Crippen molar-refractivity contribution in [3.05, 3.63) is 30.5 Å². The van der Waals surface area contributed by atoms with Crippen LogP contribution in [0.1, 0.15) is 0 Å². The number of hydrogen-bond acceptors (Lipinski definition) is 1. The number of benzene rings is 1. The van der Waals surface area contributed by atoms with E-state index < -0.39 is 6.43 Å². The molecule has 4 heteroatoms. The molecule has 0 aliphatic heterocycles. The Kier molecular flexibility index (Phi) is 1.96. The molecule has 1 heterocycles. The fraction of sp³-hybridized carbons (Fsp3) is 0.222. The SMILES string of the molecule is FC(F)Cn1cc2c[c]ccc2n1. The van der Waals surface area contributed by atoms with Gasteiger partial charge >= 0.3 is 0 Å². The van der Waals surface area contributed by atoms with Crippen LogP contribution in [-0.4, -0.2) is 16.2 Å². The van der Waals surface area contributed by atoms with Crippen LogP contribution in [0.4, 0.5) is 8.78 Å². The van der Waals surface area contributed by atoms with E-state index in [0.29, 0.717) is 0 Å². The third-order valence-corrected chi connectivity index (χ3v) is 1.72. The normalized spacial score (nSPS) is 11.3. The molecule has 0 N–H and O–H groups in total. The first-order valence-corrected chi connectivity index (χ1v) is 3.87. The maximum absolute atomic E-state index is 12.0. The van der Waals surface area contributed by atoms with Crippen LogP contribution in [0, 0.1) is 6.07 Å². The van der Waals surface area contributed by atoms with Crippen LogP contribution in [0.2, 0.25) is 0 Å². The zero-order valence-electron chi connectivity index (χ0n) is 6.74. The number of aromatic nitrogens is 2. The first-order valence-electron chi connectivity index (χ1n) is 3.87. The molecule has 1 aromatic heterocycles. The van der Waals surface area contributed by atoms with Crippen molar-refractivity contribution in [1.82, 2.24) is 9.78 Å². The van der Waals surface area contributed by atoms with Gasteiger partial charge in [0.2, 0.25) is 0 Å². The van der Waals surface area contributed by atoms with Crippen molar-refractivity contribution in [2.24, 2.45) is 0 Å². The van der Waals surface area contributed by atoms with Crippen LogP contribution in [-0.2, 0) is 6.54 Å². The zero-order chi connectivity index (χ0) is 9.26. The van der Waals surface area contributed by atoms with Gasteiger partial charge in [-0.15, -0.1) is 0 Å². The Morgan fingerprint density at radius 2 is 2.38 bits per heavy atom. The van der Waals surface area contributed by atoms with Gasteiger partial charge in [0.1, 0.15) is 6.54 Å². The fourth-order valence-corrected chi connectivity index (χ4v) is 1.19. The van der Waals surface area contributed by atoms with E-state index in [2.05, 4.69) is 11.2 Å². The molecule has 13 heavy (non-hydrogen) atoms. The van der Waals surface area contributed by atoms with Gasteiger partial charge in [0.25, 0.3) is 6.43 Å². The van der Waals surface area contributed by atoms with Crippen molar-refractivity contribution >= 4 is 10.9 Å². The first-order chi connectivity index (χ1) is 6.25. The molecule has 0 bridgehead atoms. The van der Waals surface area contributed by atoms with E-state index in [4.69, 9.17) is 0 Å². The molecule has 2 aromatic rings. The second-order valence-corrected chi connectivity index (χ2v) is 2.73. The fourth-order valence-electron chi connectivity index (χ4n) is 1.19. The van der Waals surface area contributed by atoms with E-state index in [1.165, 1.54) is 4.68 Å². The van der Waals surface area contributed by atoms with Crippen LogP contribution in [0.25, 0.3) is 10.9 Å². The Bertz CT molecular complexity index is 376. The summed E-state index contributed by atoms with van der Waals surface area (Å²) in [6, 6.07) is 8.05. The van der Waals surface area contributed by atoms with Gasteiger partial charge in [0.15, 0.2) is 0 Å². The molecule has 0 unspecified atom stereocenters. The van der Waals surface area contributed by atoms with E-state index in [-0.39, 0.29) is 6.54 Å². The van der Waals surface area contributed by atoms with E-state index in [1.54, 1.807) is 24.4 Å². The minimum absolute atomic E-state index is 0.353. The van der Waals surface area contributed by atoms with Crippen LogP contribution in [0.3, 0.4) is 0 Å². The lowest BCUT2D eigenvalue weighted by Gasteiger charge is -1.96. The minimum Gasteiger partial charge on any atom is -0.266 e. The molecule has 2 nitrogen and oxygen atoms in total. The molecule has 1 radical (unpaired) electrons. The van der Waals surface area contributed by atoms with Gasteiger partial charge in [-0.05, 0) is 18.2 Å². The molecule has 0 saturated heterocycles. The highest BCUT2D eigenvalue weighted by Gasteiger charge is 2.05. The molecule has 0 fully saturated rings. The van der Waals surface area contributed by atoms with E-state index in [1.807, 2.05) is 0 Å². The number of fused-ring (bicyclic) bond motifs is 1. The van der Waals surface area contributed by atoms with Crippen LogP contribution < -0.4 is 0 Å². The molecule has 67 valence electrons. The molecule has 1 aromatic carbocycles. The summed E-state index contributed by atoms with van der Waals surface area (Å²) in [6.07, 6.45) is -0.767. The third-order valence-electron chi connectivity index (χ3n) is 1.72. The largest absolute Gasteiger partial charge is 0.266 e. The van der Waals surface area contributed by atoms with Gasteiger partial charge in [-0.3, -0.25) is 4.68 Å². The number of alkyl halides is 2. The molecular weight excluding hydrogens is 174 g/mol. The monoisotopic (exact) mass is 181 g/mol. The predicted octanol–water partition coefficient (Wildman–Crippen LogP) is 2.10. The topological polar surface area (TPSA) is 17.8 Å². The van der Waals surface area contributed by atoms with Crippen LogP contribution in [0.5, 0.6) is 0 Å². The molecule has 0 aliphatic rings. The Labute approximate surface area is 73.8 Å². The average Bonchev–Trinajstić information content (AvgIpc) is 2.44. The molecule has 0 atom stereocenters. The van der Waals surface area contributed by atoms with Crippen LogP contribution in [0.15, 0.2) is 24.4 Å². The summed E-state index contributed by atoms with van der Waals surface area (Å²) in [5, 5.41) is 4.81. The number of nitrogens with zero attached hydrogens (tertiary/aromatic N) is 2. The lowest BCUT2D eigenvalue weighted by atomic mass is 10.3. The Morgan fingerprint density at radius 1 is 1.54 bits per heavy atom. The van der Waals surface area contributed by atoms with Crippen molar-refractivity contribution in [3.63, 3.8) is 0 Å². The third kappa shape index (κ3) is 1.66. The van der Waals surface area contributed by atoms with Crippen molar-refractivity contribution in [1.29, 1.82) is 0 Å². The summed E-state index contributed by atoms with van der Waals surface area (Å²) in [5.74, 6) is 0. The first kappa shape index (κ1) is 8.16. The Morgan fingerprint density at radius 3 is 3.08 bits per heavy atom. The quantitative estimate of drug-likeness (QED) is 0.693. The van der Waals surface area contributed by atoms with Gasteiger partial charge < -0.3 is 0 Å². The summed E-state index contributed by atoms with van der Waals surface area (Å²) in [7, 11) is 0. The van der Waals surface area contributed by atoms with Crippen molar-refractivity contribution < 1.29 is 8.78 Å². The lowest BCUT2D eigenvalue weighted by molar-refractivity contribution is 0.122. The molecular formula is C9H7F2N2. The molecule has 0 saturated carbocycles. The van der Waals surface area contributed by atoms with Crippen LogP contribution >= 0.6 is 0 Å². The zero-order valence-corrected chi connectivity index (χ0v) is 6.74. The second-order valence-electron chi connectivity index (χ2n) is 2.73. The molecule has 0 amide bonds. The maximum Gasteiger partial charge on any atom is 0.257 e. The van der Waals surface area contributed by atoms with Gasteiger partial charge in [-0.25, -0.2) is 8.78 Å². The average molecular weight is 181 g/mol. The Balaban J connectivity index is 2.38. The van der Waals surface area contributed by atoms with Gasteiger partial charge in [0, 0.05) is 11.6 Å². The van der Waals surface area contributed by atoms with Gasteiger partial charge in [0.05, 0.1) is 5.52 Å². The second kappa shape index (κ2) is 3.12. The number of hydrogen-bond donors (Lipinski definition) is 0. The summed E-state index contributed by atoms with van der Waals surface area (Å²) >= 11 is 0. The van der Waals surface area contributed by atoms with E-state index >= 15 is 0 Å². The summed E-state index contributed by atoms with van der Waals surface area (Å²) < 4.78 is 25.2. The lowest BCUT2D eigenvalue weighted by Crippen LogP contribution is -2.06. The minimum atomic E-state index is -2.36. The van der Waals surface area contributed by atoms with E-state index in [0.717, 1.165) is 10.9 Å². The Hall–Kier alpha value is -1.45. The molecule has 2 rings (SSSR count). The summed E-state index contributed by atoms with van der Waals surface area (Å²) in [4.78, 5) is 0. The smallest absolute Gasteiger partial charge is 0.257 e. The maximum atomic E-state index is 12.0. The highest BCUT2D eigenvalue weighted by Crippen LogP contribution is 2.11. The highest BCUT2D eigenvalue weighted by molar-refractivity contribution is 5.77. The van der Waals surface area contributed by atoms with Crippen molar-refractivity contribution in [3.8, 4) is 0 Å². The van der Waals surface area contributed by atoms with Gasteiger partial charge in [-0.1, -0.05) is 6.07 Å². The van der Waals surface area contributed by atoms with Gasteiger partial charge in [-0.2, -0.15) is 5.10 Å². The standard InChI is InChI=1S/C9H7F2N2/c10-9(11)6-13-5-7-3-1-2-4-8(7)12-13/h2-5,9H,6H2. The predicted molar refractivity (Wildman–Crippen MR) is 44.6 cm³/mol. The van der Waals surface area contributed by atoms with E-state index in [9.17, 15) is 8.78 Å². The molecule has 0 spiro atoms. The summed E-state index contributed by atoms with van der Waals surface area (Å²) in [6.45, 7) is -0.353. The highest BCUT2D eigenvalue weighted by atomic mass is 19.3. The number of rotatable bonds is 2. The van der Waals surface area contributed by atoms with Crippen molar-refractivity contribution in [2.75, 3.05) is 0 Å². The molecule has 0 aliphatic carbocycles.